The van der Waals surface area contributed by atoms with Crippen molar-refractivity contribution in [1.29, 1.82) is 0 Å². The van der Waals surface area contributed by atoms with E-state index in [1.807, 2.05) is 11.8 Å². The van der Waals surface area contributed by atoms with Crippen molar-refractivity contribution in [2.24, 2.45) is 5.73 Å². The van der Waals surface area contributed by atoms with Crippen molar-refractivity contribution < 1.29 is 0 Å². The Balaban J connectivity index is 2.54. The van der Waals surface area contributed by atoms with E-state index in [-0.39, 0.29) is 4.75 Å². The fourth-order valence-electron chi connectivity index (χ4n) is 1.44. The smallest absolute Gasteiger partial charge is 0.0496 e. The molecule has 0 amide bonds. The molecule has 1 saturated carbocycles. The van der Waals surface area contributed by atoms with Crippen molar-refractivity contribution >= 4 is 11.8 Å². The van der Waals surface area contributed by atoms with Gasteiger partial charge in [0.2, 0.25) is 0 Å². The van der Waals surface area contributed by atoms with Gasteiger partial charge in [0.1, 0.15) is 0 Å². The minimum atomic E-state index is 0.290. The molecule has 1 unspecified atom stereocenters. The lowest BCUT2D eigenvalue weighted by Gasteiger charge is -2.37. The van der Waals surface area contributed by atoms with Crippen LogP contribution in [0.15, 0.2) is 0 Å². The van der Waals surface area contributed by atoms with Crippen LogP contribution in [0.5, 0.6) is 0 Å². The van der Waals surface area contributed by atoms with Crippen molar-refractivity contribution in [3.05, 3.63) is 6.04 Å². The number of nitrogens with two attached hydrogens (primary N) is 1. The largest absolute Gasteiger partial charge is 0.322 e. The summed E-state index contributed by atoms with van der Waals surface area (Å²) in [6.45, 7) is 2.26. The average Bonchev–Trinajstić information content (AvgIpc) is 1.96. The van der Waals surface area contributed by atoms with Gasteiger partial charge in [-0.2, -0.15) is 11.8 Å². The minimum absolute atomic E-state index is 0.290. The Morgan fingerprint density at radius 3 is 2.60 bits per heavy atom. The number of hydrogen-bond donors (Lipinski definition) is 1. The quantitative estimate of drug-likeness (QED) is 0.633. The standard InChI is InChI=1S/C8H16NS/c1-8(10-2)6-4-3-5-7(8)9/h3-6,9H2,1-2H3. The normalized spacial score (nSPS) is 36.3. The van der Waals surface area contributed by atoms with E-state index in [0.29, 0.717) is 0 Å². The average molecular weight is 158 g/mol. The molecule has 59 valence electrons. The molecule has 0 aromatic carbocycles. The Morgan fingerprint density at radius 1 is 1.50 bits per heavy atom. The van der Waals surface area contributed by atoms with Gasteiger partial charge in [0.25, 0.3) is 0 Å². The van der Waals surface area contributed by atoms with Crippen molar-refractivity contribution in [2.75, 3.05) is 6.26 Å². The number of rotatable bonds is 1. The zero-order valence-corrected chi connectivity index (χ0v) is 7.63. The third-order valence-electron chi connectivity index (χ3n) is 2.48. The Hall–Kier alpha value is 0.310. The van der Waals surface area contributed by atoms with Crippen LogP contribution in [0.1, 0.15) is 32.6 Å². The van der Waals surface area contributed by atoms with E-state index in [1.54, 1.807) is 0 Å². The molecule has 0 spiro atoms. The predicted molar refractivity (Wildman–Crippen MR) is 47.8 cm³/mol. The van der Waals surface area contributed by atoms with E-state index in [9.17, 15) is 0 Å². The Labute approximate surface area is 67.8 Å². The van der Waals surface area contributed by atoms with Crippen LogP contribution < -0.4 is 5.73 Å². The molecule has 0 bridgehead atoms. The molecule has 0 heterocycles. The van der Waals surface area contributed by atoms with Gasteiger partial charge in [-0.1, -0.05) is 12.8 Å². The molecule has 0 aliphatic heterocycles. The second kappa shape index (κ2) is 3.14. The molecule has 10 heavy (non-hydrogen) atoms. The molecular weight excluding hydrogens is 142 g/mol. The molecule has 0 aromatic rings. The molecule has 1 atom stereocenters. The van der Waals surface area contributed by atoms with Gasteiger partial charge >= 0.3 is 0 Å². The zero-order chi connectivity index (χ0) is 7.61. The summed E-state index contributed by atoms with van der Waals surface area (Å²) in [6, 6.07) is 1.20. The molecule has 1 radical (unpaired) electrons. The maximum Gasteiger partial charge on any atom is 0.0496 e. The van der Waals surface area contributed by atoms with E-state index >= 15 is 0 Å². The molecule has 1 fully saturated rings. The Morgan fingerprint density at radius 2 is 2.20 bits per heavy atom. The number of thioether (sulfide) groups is 1. The van der Waals surface area contributed by atoms with Gasteiger partial charge in [-0.15, -0.1) is 0 Å². The second-order valence-corrected chi connectivity index (χ2v) is 4.48. The zero-order valence-electron chi connectivity index (χ0n) is 6.81. The van der Waals surface area contributed by atoms with Crippen LogP contribution in [0.25, 0.3) is 0 Å². The SMILES string of the molecule is CSC1(C)CCCC[C]1N. The summed E-state index contributed by atoms with van der Waals surface area (Å²) in [5.41, 5.74) is 5.92. The molecule has 1 aliphatic carbocycles. The third kappa shape index (κ3) is 1.48. The van der Waals surface area contributed by atoms with Crippen LogP contribution in [0.2, 0.25) is 0 Å². The molecule has 0 aromatic heterocycles. The van der Waals surface area contributed by atoms with E-state index in [2.05, 4.69) is 13.2 Å². The van der Waals surface area contributed by atoms with E-state index in [1.165, 1.54) is 25.3 Å². The van der Waals surface area contributed by atoms with Crippen LogP contribution in [0, 0.1) is 6.04 Å². The summed E-state index contributed by atoms with van der Waals surface area (Å²) >= 11 is 1.89. The summed E-state index contributed by atoms with van der Waals surface area (Å²) in [4.78, 5) is 0. The Bertz CT molecular complexity index is 116. The van der Waals surface area contributed by atoms with Crippen molar-refractivity contribution in [3.63, 3.8) is 0 Å². The van der Waals surface area contributed by atoms with Crippen molar-refractivity contribution in [3.8, 4) is 0 Å². The predicted octanol–water partition coefficient (Wildman–Crippen LogP) is 2.17. The van der Waals surface area contributed by atoms with Crippen LogP contribution >= 0.6 is 11.8 Å². The van der Waals surface area contributed by atoms with E-state index in [4.69, 9.17) is 5.73 Å². The first-order chi connectivity index (χ1) is 4.69. The molecule has 1 aliphatic rings. The molecular formula is C8H16NS. The summed E-state index contributed by atoms with van der Waals surface area (Å²) in [5, 5.41) is 0. The third-order valence-corrected chi connectivity index (χ3v) is 3.85. The lowest BCUT2D eigenvalue weighted by Crippen LogP contribution is -2.37. The van der Waals surface area contributed by atoms with Gasteiger partial charge in [-0.3, -0.25) is 0 Å². The van der Waals surface area contributed by atoms with Crippen LogP contribution in [0.4, 0.5) is 0 Å². The summed E-state index contributed by atoms with van der Waals surface area (Å²) in [5.74, 6) is 0. The fraction of sp³-hybridized carbons (Fsp3) is 0.875. The lowest BCUT2D eigenvalue weighted by atomic mass is 9.86. The van der Waals surface area contributed by atoms with Gasteiger partial charge in [0.05, 0.1) is 0 Å². The fourth-order valence-corrected chi connectivity index (χ4v) is 2.15. The molecule has 2 N–H and O–H groups in total. The minimum Gasteiger partial charge on any atom is -0.322 e. The first kappa shape index (κ1) is 8.41. The maximum absolute atomic E-state index is 5.92. The summed E-state index contributed by atoms with van der Waals surface area (Å²) in [6.07, 6.45) is 7.19. The van der Waals surface area contributed by atoms with Crippen LogP contribution in [0.3, 0.4) is 0 Å². The van der Waals surface area contributed by atoms with Gasteiger partial charge < -0.3 is 5.73 Å². The lowest BCUT2D eigenvalue weighted by molar-refractivity contribution is 0.451. The highest BCUT2D eigenvalue weighted by Crippen LogP contribution is 2.40. The maximum atomic E-state index is 5.92. The highest BCUT2D eigenvalue weighted by Gasteiger charge is 2.33. The Kier molecular flexibility index (Phi) is 2.64. The summed E-state index contributed by atoms with van der Waals surface area (Å²) < 4.78 is 0.290. The van der Waals surface area contributed by atoms with Gasteiger partial charge in [0.15, 0.2) is 0 Å². The summed E-state index contributed by atoms with van der Waals surface area (Å²) in [7, 11) is 0. The highest BCUT2D eigenvalue weighted by atomic mass is 32.2. The molecule has 1 rings (SSSR count). The van der Waals surface area contributed by atoms with E-state index in [0.717, 1.165) is 6.42 Å². The second-order valence-electron chi connectivity index (χ2n) is 3.17. The van der Waals surface area contributed by atoms with E-state index < -0.39 is 0 Å². The van der Waals surface area contributed by atoms with Crippen LogP contribution in [-0.2, 0) is 0 Å². The molecule has 2 heteroatoms. The van der Waals surface area contributed by atoms with Gasteiger partial charge in [-0.05, 0) is 26.0 Å². The van der Waals surface area contributed by atoms with Crippen molar-refractivity contribution in [1.82, 2.24) is 0 Å². The van der Waals surface area contributed by atoms with Crippen molar-refractivity contribution in [2.45, 2.75) is 37.4 Å². The van der Waals surface area contributed by atoms with Gasteiger partial charge in [-0.25, -0.2) is 0 Å². The topological polar surface area (TPSA) is 26.0 Å². The first-order valence-electron chi connectivity index (χ1n) is 3.86. The van der Waals surface area contributed by atoms with Crippen LogP contribution in [-0.4, -0.2) is 11.0 Å². The molecule has 1 nitrogen and oxygen atoms in total. The molecule has 0 saturated heterocycles. The first-order valence-corrected chi connectivity index (χ1v) is 5.08. The number of hydrogen-bond acceptors (Lipinski definition) is 2. The monoisotopic (exact) mass is 158 g/mol. The van der Waals surface area contributed by atoms with Gasteiger partial charge in [0, 0.05) is 10.8 Å². The highest BCUT2D eigenvalue weighted by molar-refractivity contribution is 8.00.